The lowest BCUT2D eigenvalue weighted by Crippen LogP contribution is -2.47. The van der Waals surface area contributed by atoms with Crippen LogP contribution in [0.3, 0.4) is 0 Å². The number of nitrogens with zero attached hydrogens (tertiary/aromatic N) is 1. The van der Waals surface area contributed by atoms with Crippen LogP contribution in [-0.2, 0) is 10.0 Å². The summed E-state index contributed by atoms with van der Waals surface area (Å²) in [5.41, 5.74) is -0.996. The molecule has 3 atom stereocenters. The second kappa shape index (κ2) is 2.94. The first-order valence-electron chi connectivity index (χ1n) is 5.63. The second-order valence-electron chi connectivity index (χ2n) is 6.04. The third-order valence-corrected chi connectivity index (χ3v) is 7.86. The highest BCUT2D eigenvalue weighted by atomic mass is 35.5. The van der Waals surface area contributed by atoms with E-state index in [1.807, 2.05) is 13.8 Å². The van der Waals surface area contributed by atoms with E-state index in [1.165, 1.54) is 0 Å². The number of rotatable bonds is 0. The molecule has 98 valence electrons. The van der Waals surface area contributed by atoms with Crippen LogP contribution in [0.5, 0.6) is 0 Å². The van der Waals surface area contributed by atoms with E-state index in [0.29, 0.717) is 6.42 Å². The predicted octanol–water partition coefficient (Wildman–Crippen LogP) is 2.50. The zero-order valence-electron chi connectivity index (χ0n) is 9.58. The molecule has 3 rings (SSSR count). The minimum atomic E-state index is -3.87. The molecule has 0 aromatic carbocycles. The van der Waals surface area contributed by atoms with E-state index in [4.69, 9.17) is 23.2 Å². The van der Waals surface area contributed by atoms with Crippen LogP contribution in [0, 0.1) is 16.7 Å². The molecule has 3 nitrogen and oxygen atoms in total. The Hall–Kier alpha value is 0.420. The molecule has 0 aromatic heterocycles. The third kappa shape index (κ3) is 1.11. The molecular formula is C10H14Cl2FNO2S. The lowest BCUT2D eigenvalue weighted by Gasteiger charge is -2.36. The molecule has 7 heteroatoms. The smallest absolute Gasteiger partial charge is 0.210 e. The molecule has 0 aromatic rings. The number of hydrogen-bond donors (Lipinski definition) is 0. The molecule has 0 radical (unpaired) electrons. The standard InChI is InChI=1S/C10H14Cl2FNO2S/c1-8(2)6-3-4-9(8)5-17(15,16)14(13)7(9)10(6,11)12/h6-7H,3-5H2,1-2H3. The van der Waals surface area contributed by atoms with Crippen molar-refractivity contribution in [3.63, 3.8) is 0 Å². The Morgan fingerprint density at radius 3 is 2.47 bits per heavy atom. The monoisotopic (exact) mass is 301 g/mol. The number of hydrogen-bond acceptors (Lipinski definition) is 2. The maximum atomic E-state index is 14.0. The van der Waals surface area contributed by atoms with Crippen molar-refractivity contribution in [3.8, 4) is 0 Å². The molecular weight excluding hydrogens is 288 g/mol. The number of fused-ring (bicyclic) bond motifs is 1. The van der Waals surface area contributed by atoms with Gasteiger partial charge in [0.15, 0.2) is 0 Å². The van der Waals surface area contributed by atoms with Gasteiger partial charge in [-0.15, -0.1) is 4.48 Å². The van der Waals surface area contributed by atoms with Gasteiger partial charge >= 0.3 is 0 Å². The van der Waals surface area contributed by atoms with Crippen LogP contribution in [0.25, 0.3) is 0 Å². The maximum Gasteiger partial charge on any atom is 0.241 e. The second-order valence-corrected chi connectivity index (χ2v) is 9.29. The lowest BCUT2D eigenvalue weighted by molar-refractivity contribution is 0.0210. The van der Waals surface area contributed by atoms with Crippen LogP contribution in [-0.4, -0.2) is 29.1 Å². The van der Waals surface area contributed by atoms with Gasteiger partial charge < -0.3 is 0 Å². The predicted molar refractivity (Wildman–Crippen MR) is 63.9 cm³/mol. The first kappa shape index (κ1) is 12.5. The van der Waals surface area contributed by atoms with Crippen molar-refractivity contribution in [2.45, 2.75) is 37.1 Å². The van der Waals surface area contributed by atoms with Gasteiger partial charge in [-0.2, -0.15) is 0 Å². The Morgan fingerprint density at radius 2 is 1.94 bits per heavy atom. The number of sulfonamides is 1. The third-order valence-electron chi connectivity index (χ3n) is 5.29. The Kier molecular flexibility index (Phi) is 2.16. The van der Waals surface area contributed by atoms with Gasteiger partial charge in [0.05, 0.1) is 11.8 Å². The van der Waals surface area contributed by atoms with E-state index < -0.39 is 25.8 Å². The molecule has 1 saturated heterocycles. The van der Waals surface area contributed by atoms with E-state index in [-0.39, 0.29) is 21.6 Å². The summed E-state index contributed by atoms with van der Waals surface area (Å²) in [5, 5.41) is 0. The van der Waals surface area contributed by atoms with Gasteiger partial charge in [-0.1, -0.05) is 37.0 Å². The summed E-state index contributed by atoms with van der Waals surface area (Å²) in [6.07, 6.45) is 1.44. The molecule has 2 saturated carbocycles. The Labute approximate surface area is 110 Å². The quantitative estimate of drug-likeness (QED) is 0.509. The van der Waals surface area contributed by atoms with E-state index in [1.54, 1.807) is 0 Å². The van der Waals surface area contributed by atoms with Crippen molar-refractivity contribution >= 4 is 33.2 Å². The molecule has 0 N–H and O–H groups in total. The topological polar surface area (TPSA) is 37.4 Å². The highest BCUT2D eigenvalue weighted by Gasteiger charge is 2.80. The molecule has 3 aliphatic rings. The van der Waals surface area contributed by atoms with Gasteiger partial charge in [0.1, 0.15) is 4.33 Å². The largest absolute Gasteiger partial charge is 0.241 e. The molecule has 2 aliphatic carbocycles. The zero-order valence-corrected chi connectivity index (χ0v) is 11.9. The molecule has 0 amide bonds. The highest BCUT2D eigenvalue weighted by molar-refractivity contribution is 7.89. The van der Waals surface area contributed by atoms with E-state index in [2.05, 4.69) is 0 Å². The normalized spacial score (nSPS) is 49.5. The summed E-state index contributed by atoms with van der Waals surface area (Å²) in [4.78, 5) is 0. The Balaban J connectivity index is 2.25. The summed E-state index contributed by atoms with van der Waals surface area (Å²) in [6, 6.07) is -0.933. The van der Waals surface area contributed by atoms with Crippen LogP contribution in [0.4, 0.5) is 4.48 Å². The molecule has 2 bridgehead atoms. The molecule has 1 heterocycles. The molecule has 3 unspecified atom stereocenters. The van der Waals surface area contributed by atoms with Gasteiger partial charge in [-0.3, -0.25) is 0 Å². The Bertz CT molecular complexity index is 493. The van der Waals surface area contributed by atoms with Crippen LogP contribution < -0.4 is 0 Å². The summed E-state index contributed by atoms with van der Waals surface area (Å²) in [7, 11) is -3.87. The highest BCUT2D eigenvalue weighted by Crippen LogP contribution is 2.75. The average molecular weight is 302 g/mol. The van der Waals surface area contributed by atoms with E-state index >= 15 is 0 Å². The lowest BCUT2D eigenvalue weighted by atomic mass is 9.69. The molecule has 1 spiro atoms. The van der Waals surface area contributed by atoms with Crippen LogP contribution >= 0.6 is 23.2 Å². The van der Waals surface area contributed by atoms with Gasteiger partial charge in [-0.25, -0.2) is 8.42 Å². The van der Waals surface area contributed by atoms with E-state index in [9.17, 15) is 12.9 Å². The summed E-state index contributed by atoms with van der Waals surface area (Å²) >= 11 is 12.6. The summed E-state index contributed by atoms with van der Waals surface area (Å²) in [5.74, 6) is -0.233. The van der Waals surface area contributed by atoms with Crippen molar-refractivity contribution in [2.75, 3.05) is 5.75 Å². The molecule has 1 aliphatic heterocycles. The van der Waals surface area contributed by atoms with Crippen LogP contribution in [0.2, 0.25) is 0 Å². The maximum absolute atomic E-state index is 14.0. The van der Waals surface area contributed by atoms with Crippen molar-refractivity contribution in [3.05, 3.63) is 0 Å². The zero-order chi connectivity index (χ0) is 12.9. The fraction of sp³-hybridized carbons (Fsp3) is 1.00. The Morgan fingerprint density at radius 1 is 1.35 bits per heavy atom. The average Bonchev–Trinajstić information content (AvgIpc) is 2.53. The fourth-order valence-electron chi connectivity index (χ4n) is 4.37. The minimum Gasteiger partial charge on any atom is -0.210 e. The summed E-state index contributed by atoms with van der Waals surface area (Å²) in [6.45, 7) is 3.91. The van der Waals surface area contributed by atoms with Gasteiger partial charge in [0.25, 0.3) is 0 Å². The van der Waals surface area contributed by atoms with Crippen LogP contribution in [0.15, 0.2) is 0 Å². The van der Waals surface area contributed by atoms with Crippen molar-refractivity contribution < 1.29 is 12.9 Å². The SMILES string of the molecule is CC1(C)C2CCC13CS(=O)(=O)N(F)C3C2(Cl)Cl. The van der Waals surface area contributed by atoms with Gasteiger partial charge in [-0.05, 0) is 28.7 Å². The summed E-state index contributed by atoms with van der Waals surface area (Å²) < 4.78 is 36.2. The first-order valence-corrected chi connectivity index (χ1v) is 7.99. The molecule has 3 fully saturated rings. The first-order chi connectivity index (χ1) is 7.57. The van der Waals surface area contributed by atoms with E-state index in [0.717, 1.165) is 6.42 Å². The van der Waals surface area contributed by atoms with Crippen molar-refractivity contribution in [1.82, 2.24) is 4.53 Å². The molecule has 17 heavy (non-hydrogen) atoms. The van der Waals surface area contributed by atoms with Crippen LogP contribution in [0.1, 0.15) is 26.7 Å². The van der Waals surface area contributed by atoms with Crippen molar-refractivity contribution in [1.29, 1.82) is 0 Å². The van der Waals surface area contributed by atoms with Gasteiger partial charge in [0, 0.05) is 5.41 Å². The van der Waals surface area contributed by atoms with Gasteiger partial charge in [0.2, 0.25) is 10.0 Å². The minimum absolute atomic E-state index is 0.0583. The fourth-order valence-corrected chi connectivity index (χ4v) is 7.97. The number of halogens is 3. The number of alkyl halides is 2. The van der Waals surface area contributed by atoms with Crippen molar-refractivity contribution in [2.24, 2.45) is 16.7 Å².